The molecule has 0 atom stereocenters. The number of carbonyl (C=O) groups excluding carboxylic acids is 1. The van der Waals surface area contributed by atoms with E-state index in [9.17, 15) is 9.18 Å². The Morgan fingerprint density at radius 2 is 1.84 bits per heavy atom. The summed E-state index contributed by atoms with van der Waals surface area (Å²) in [6, 6.07) is 8.15. The molecule has 1 aliphatic rings. The first-order chi connectivity index (χ1) is 12.1. The van der Waals surface area contributed by atoms with Gasteiger partial charge in [0, 0.05) is 11.7 Å². The maximum absolute atomic E-state index is 13.8. The number of hydrogen-bond donors (Lipinski definition) is 2. The number of aryl methyl sites for hydroxylation is 1. The van der Waals surface area contributed by atoms with Crippen molar-refractivity contribution in [3.05, 3.63) is 47.5 Å². The quantitative estimate of drug-likeness (QED) is 0.820. The SMILES string of the molecule is Cc1cc(C(=O)NC2CCCCCC2)nc(Nc2ccccc2F)n1. The van der Waals surface area contributed by atoms with Crippen LogP contribution in [0.3, 0.4) is 0 Å². The number of para-hydroxylation sites is 1. The Morgan fingerprint density at radius 1 is 1.12 bits per heavy atom. The minimum atomic E-state index is -0.392. The molecule has 132 valence electrons. The predicted octanol–water partition coefficient (Wildman–Crippen LogP) is 4.12. The average molecular weight is 342 g/mol. The lowest BCUT2D eigenvalue weighted by Gasteiger charge is -2.16. The van der Waals surface area contributed by atoms with Crippen LogP contribution >= 0.6 is 0 Å². The van der Waals surface area contributed by atoms with Gasteiger partial charge in [-0.1, -0.05) is 37.8 Å². The summed E-state index contributed by atoms with van der Waals surface area (Å²) < 4.78 is 13.8. The molecular weight excluding hydrogens is 319 g/mol. The Morgan fingerprint density at radius 3 is 2.56 bits per heavy atom. The molecule has 1 aromatic carbocycles. The Labute approximate surface area is 147 Å². The Balaban J connectivity index is 1.74. The van der Waals surface area contributed by atoms with Gasteiger partial charge in [0.1, 0.15) is 11.5 Å². The molecule has 1 aliphatic carbocycles. The fourth-order valence-corrected chi connectivity index (χ4v) is 3.11. The monoisotopic (exact) mass is 342 g/mol. The summed E-state index contributed by atoms with van der Waals surface area (Å²) >= 11 is 0. The molecule has 0 unspecified atom stereocenters. The molecule has 1 fully saturated rings. The Bertz CT molecular complexity index is 742. The van der Waals surface area contributed by atoms with Crippen LogP contribution in [-0.4, -0.2) is 21.9 Å². The van der Waals surface area contributed by atoms with Crippen molar-refractivity contribution >= 4 is 17.5 Å². The molecule has 0 bridgehead atoms. The highest BCUT2D eigenvalue weighted by Gasteiger charge is 2.18. The molecular formula is C19H23FN4O. The van der Waals surface area contributed by atoms with Gasteiger partial charge in [0.2, 0.25) is 5.95 Å². The van der Waals surface area contributed by atoms with Gasteiger partial charge in [0.05, 0.1) is 5.69 Å². The summed E-state index contributed by atoms with van der Waals surface area (Å²) in [6.07, 6.45) is 6.78. The van der Waals surface area contributed by atoms with Crippen molar-refractivity contribution < 1.29 is 9.18 Å². The minimum Gasteiger partial charge on any atom is -0.348 e. The van der Waals surface area contributed by atoms with E-state index in [2.05, 4.69) is 20.6 Å². The summed E-state index contributed by atoms with van der Waals surface area (Å²) in [7, 11) is 0. The van der Waals surface area contributed by atoms with Crippen LogP contribution in [0.5, 0.6) is 0 Å². The lowest BCUT2D eigenvalue weighted by molar-refractivity contribution is 0.0928. The zero-order valence-corrected chi connectivity index (χ0v) is 14.4. The molecule has 0 aliphatic heterocycles. The number of rotatable bonds is 4. The molecule has 0 spiro atoms. The van der Waals surface area contributed by atoms with E-state index in [0.717, 1.165) is 25.7 Å². The highest BCUT2D eigenvalue weighted by molar-refractivity contribution is 5.92. The topological polar surface area (TPSA) is 66.9 Å². The van der Waals surface area contributed by atoms with E-state index in [1.807, 2.05) is 0 Å². The summed E-state index contributed by atoms with van der Waals surface area (Å²) in [5, 5.41) is 5.92. The molecule has 25 heavy (non-hydrogen) atoms. The van der Waals surface area contributed by atoms with Gasteiger partial charge in [-0.2, -0.15) is 0 Å². The minimum absolute atomic E-state index is 0.200. The van der Waals surface area contributed by atoms with Crippen LogP contribution in [0.2, 0.25) is 0 Å². The van der Waals surface area contributed by atoms with Crippen molar-refractivity contribution in [2.75, 3.05) is 5.32 Å². The van der Waals surface area contributed by atoms with Crippen molar-refractivity contribution in [2.45, 2.75) is 51.5 Å². The second-order valence-electron chi connectivity index (χ2n) is 6.48. The number of amides is 1. The van der Waals surface area contributed by atoms with Crippen LogP contribution < -0.4 is 10.6 Å². The number of halogens is 1. The number of nitrogens with zero attached hydrogens (tertiary/aromatic N) is 2. The number of aromatic nitrogens is 2. The number of nitrogens with one attached hydrogen (secondary N) is 2. The summed E-state index contributed by atoms with van der Waals surface area (Å²) in [5.74, 6) is -0.373. The van der Waals surface area contributed by atoms with E-state index in [0.29, 0.717) is 11.4 Å². The van der Waals surface area contributed by atoms with E-state index in [-0.39, 0.29) is 23.6 Å². The fourth-order valence-electron chi connectivity index (χ4n) is 3.11. The predicted molar refractivity (Wildman–Crippen MR) is 95.4 cm³/mol. The molecule has 0 radical (unpaired) electrons. The van der Waals surface area contributed by atoms with E-state index in [1.54, 1.807) is 31.2 Å². The zero-order valence-electron chi connectivity index (χ0n) is 14.4. The third kappa shape index (κ3) is 4.75. The smallest absolute Gasteiger partial charge is 0.270 e. The van der Waals surface area contributed by atoms with Crippen LogP contribution in [-0.2, 0) is 0 Å². The highest BCUT2D eigenvalue weighted by atomic mass is 19.1. The summed E-state index contributed by atoms with van der Waals surface area (Å²) in [5.41, 5.74) is 1.23. The van der Waals surface area contributed by atoms with Crippen LogP contribution in [0, 0.1) is 12.7 Å². The first-order valence-corrected chi connectivity index (χ1v) is 8.80. The van der Waals surface area contributed by atoms with Crippen molar-refractivity contribution in [3.8, 4) is 0 Å². The zero-order chi connectivity index (χ0) is 17.6. The number of benzene rings is 1. The summed E-state index contributed by atoms with van der Waals surface area (Å²) in [4.78, 5) is 21.0. The van der Waals surface area contributed by atoms with Crippen LogP contribution in [0.15, 0.2) is 30.3 Å². The first-order valence-electron chi connectivity index (χ1n) is 8.80. The van der Waals surface area contributed by atoms with Crippen molar-refractivity contribution in [2.24, 2.45) is 0 Å². The van der Waals surface area contributed by atoms with E-state index < -0.39 is 5.82 Å². The van der Waals surface area contributed by atoms with Gasteiger partial charge in [-0.15, -0.1) is 0 Å². The molecule has 5 nitrogen and oxygen atoms in total. The Kier molecular flexibility index (Phi) is 5.58. The number of carbonyl (C=O) groups is 1. The second kappa shape index (κ2) is 8.05. The lowest BCUT2D eigenvalue weighted by atomic mass is 10.1. The molecule has 2 aromatic rings. The third-order valence-corrected chi connectivity index (χ3v) is 4.40. The molecule has 1 saturated carbocycles. The average Bonchev–Trinajstić information content (AvgIpc) is 2.85. The first kappa shape index (κ1) is 17.3. The highest BCUT2D eigenvalue weighted by Crippen LogP contribution is 2.19. The van der Waals surface area contributed by atoms with Gasteiger partial charge in [-0.05, 0) is 38.0 Å². The summed E-state index contributed by atoms with van der Waals surface area (Å²) in [6.45, 7) is 1.79. The Hall–Kier alpha value is -2.50. The van der Waals surface area contributed by atoms with E-state index in [1.165, 1.54) is 18.9 Å². The van der Waals surface area contributed by atoms with Gasteiger partial charge >= 0.3 is 0 Å². The van der Waals surface area contributed by atoms with Gasteiger partial charge < -0.3 is 10.6 Å². The van der Waals surface area contributed by atoms with Crippen molar-refractivity contribution in [1.82, 2.24) is 15.3 Å². The van der Waals surface area contributed by atoms with E-state index >= 15 is 0 Å². The third-order valence-electron chi connectivity index (χ3n) is 4.40. The van der Waals surface area contributed by atoms with Crippen LogP contribution in [0.1, 0.15) is 54.7 Å². The molecule has 6 heteroatoms. The fraction of sp³-hybridized carbons (Fsp3) is 0.421. The molecule has 1 aromatic heterocycles. The largest absolute Gasteiger partial charge is 0.348 e. The van der Waals surface area contributed by atoms with Crippen LogP contribution in [0.4, 0.5) is 16.0 Å². The van der Waals surface area contributed by atoms with Crippen molar-refractivity contribution in [3.63, 3.8) is 0 Å². The number of hydrogen-bond acceptors (Lipinski definition) is 4. The molecule has 3 rings (SSSR count). The molecule has 0 saturated heterocycles. The lowest BCUT2D eigenvalue weighted by Crippen LogP contribution is -2.35. The molecule has 1 amide bonds. The van der Waals surface area contributed by atoms with Crippen molar-refractivity contribution in [1.29, 1.82) is 0 Å². The second-order valence-corrected chi connectivity index (χ2v) is 6.48. The molecule has 1 heterocycles. The van der Waals surface area contributed by atoms with E-state index in [4.69, 9.17) is 0 Å². The number of anilines is 2. The van der Waals surface area contributed by atoms with Crippen LogP contribution in [0.25, 0.3) is 0 Å². The van der Waals surface area contributed by atoms with Gasteiger partial charge in [0.15, 0.2) is 0 Å². The standard InChI is InChI=1S/C19H23FN4O/c1-13-12-17(18(25)22-14-8-4-2-3-5-9-14)24-19(21-13)23-16-11-7-6-10-15(16)20/h6-7,10-12,14H,2-5,8-9H2,1H3,(H,22,25)(H,21,23,24). The normalized spacial score (nSPS) is 15.4. The maximum Gasteiger partial charge on any atom is 0.270 e. The molecule has 2 N–H and O–H groups in total. The van der Waals surface area contributed by atoms with Gasteiger partial charge in [-0.3, -0.25) is 4.79 Å². The van der Waals surface area contributed by atoms with Gasteiger partial charge in [-0.25, -0.2) is 14.4 Å². The van der Waals surface area contributed by atoms with Gasteiger partial charge in [0.25, 0.3) is 5.91 Å². The maximum atomic E-state index is 13.8.